The zero-order valence-electron chi connectivity index (χ0n) is 12.2. The predicted molar refractivity (Wildman–Crippen MR) is 82.5 cm³/mol. The van der Waals surface area contributed by atoms with Crippen LogP contribution in [0.5, 0.6) is 5.88 Å². The van der Waals surface area contributed by atoms with Crippen molar-refractivity contribution in [3.05, 3.63) is 16.5 Å². The SMILES string of the molecule is C#CC#Cc1nn(C(C)C)c(O)c1N=Nc1nc(C)c(Cl)[nH]1. The van der Waals surface area contributed by atoms with Gasteiger partial charge in [-0.05, 0) is 38.5 Å². The average molecular weight is 317 g/mol. The van der Waals surface area contributed by atoms with E-state index in [0.29, 0.717) is 10.8 Å². The lowest BCUT2D eigenvalue weighted by Gasteiger charge is -2.05. The summed E-state index contributed by atoms with van der Waals surface area (Å²) in [6.45, 7) is 5.46. The second-order valence-electron chi connectivity index (χ2n) is 4.61. The number of halogens is 1. The number of aromatic amines is 1. The van der Waals surface area contributed by atoms with Crippen molar-refractivity contribution < 1.29 is 5.11 Å². The fraction of sp³-hybridized carbons (Fsp3) is 0.286. The molecule has 0 spiro atoms. The van der Waals surface area contributed by atoms with Gasteiger partial charge in [0.25, 0.3) is 0 Å². The van der Waals surface area contributed by atoms with Crippen LogP contribution in [0, 0.1) is 31.1 Å². The van der Waals surface area contributed by atoms with E-state index in [-0.39, 0.29) is 29.3 Å². The third-order valence-electron chi connectivity index (χ3n) is 2.66. The first-order valence-corrected chi connectivity index (χ1v) is 6.73. The van der Waals surface area contributed by atoms with Crippen LogP contribution in [-0.4, -0.2) is 24.9 Å². The summed E-state index contributed by atoms with van der Waals surface area (Å²) < 4.78 is 1.38. The highest BCUT2D eigenvalue weighted by Crippen LogP contribution is 2.33. The smallest absolute Gasteiger partial charge is 0.248 e. The highest BCUT2D eigenvalue weighted by Gasteiger charge is 2.18. The normalized spacial score (nSPS) is 10.7. The molecule has 0 atom stereocenters. The second-order valence-corrected chi connectivity index (χ2v) is 4.99. The van der Waals surface area contributed by atoms with Crippen molar-refractivity contribution in [3.63, 3.8) is 0 Å². The van der Waals surface area contributed by atoms with E-state index in [0.717, 1.165) is 0 Å². The molecule has 22 heavy (non-hydrogen) atoms. The van der Waals surface area contributed by atoms with Gasteiger partial charge in [-0.2, -0.15) is 5.10 Å². The first kappa shape index (κ1) is 15.6. The fourth-order valence-electron chi connectivity index (χ4n) is 1.62. The Morgan fingerprint density at radius 1 is 1.41 bits per heavy atom. The largest absolute Gasteiger partial charge is 0.492 e. The van der Waals surface area contributed by atoms with Gasteiger partial charge in [-0.3, -0.25) is 0 Å². The number of rotatable bonds is 3. The van der Waals surface area contributed by atoms with Gasteiger partial charge in [0.05, 0.1) is 11.7 Å². The summed E-state index contributed by atoms with van der Waals surface area (Å²) >= 11 is 5.86. The minimum Gasteiger partial charge on any atom is -0.492 e. The maximum absolute atomic E-state index is 10.2. The topological polar surface area (TPSA) is 91.4 Å². The molecule has 0 saturated heterocycles. The number of hydrogen-bond donors (Lipinski definition) is 2. The highest BCUT2D eigenvalue weighted by atomic mass is 35.5. The van der Waals surface area contributed by atoms with Crippen LogP contribution in [0.2, 0.25) is 5.15 Å². The molecule has 0 saturated carbocycles. The van der Waals surface area contributed by atoms with Crippen LogP contribution in [0.4, 0.5) is 11.6 Å². The number of aryl methyl sites for hydroxylation is 1. The van der Waals surface area contributed by atoms with E-state index in [2.05, 4.69) is 43.1 Å². The van der Waals surface area contributed by atoms with Gasteiger partial charge in [0.2, 0.25) is 11.8 Å². The Bertz CT molecular complexity index is 809. The first-order valence-electron chi connectivity index (χ1n) is 6.36. The first-order chi connectivity index (χ1) is 10.4. The van der Waals surface area contributed by atoms with E-state index < -0.39 is 0 Å². The van der Waals surface area contributed by atoms with Gasteiger partial charge in [-0.15, -0.1) is 16.7 Å². The van der Waals surface area contributed by atoms with Gasteiger partial charge in [-0.25, -0.2) is 9.67 Å². The Kier molecular flexibility index (Phi) is 4.50. The van der Waals surface area contributed by atoms with E-state index in [1.54, 1.807) is 6.92 Å². The Labute approximate surface area is 132 Å². The average Bonchev–Trinajstić information content (AvgIpc) is 2.95. The molecule has 0 unspecified atom stereocenters. The molecule has 0 aliphatic rings. The van der Waals surface area contributed by atoms with Crippen LogP contribution in [0.15, 0.2) is 10.2 Å². The van der Waals surface area contributed by atoms with Crippen LogP contribution in [0.1, 0.15) is 31.3 Å². The third kappa shape index (κ3) is 3.11. The lowest BCUT2D eigenvalue weighted by molar-refractivity contribution is 0.378. The molecule has 0 radical (unpaired) electrons. The van der Waals surface area contributed by atoms with E-state index in [1.807, 2.05) is 13.8 Å². The predicted octanol–water partition coefficient (Wildman–Crippen LogP) is 3.25. The summed E-state index contributed by atoms with van der Waals surface area (Å²) in [6.07, 6.45) is 5.11. The fourth-order valence-corrected chi connectivity index (χ4v) is 1.74. The number of imidazole rings is 1. The molecule has 112 valence electrons. The van der Waals surface area contributed by atoms with Crippen LogP contribution in [0.3, 0.4) is 0 Å². The molecular weight excluding hydrogens is 304 g/mol. The molecule has 2 aromatic heterocycles. The number of azo groups is 1. The molecule has 0 fully saturated rings. The van der Waals surface area contributed by atoms with Gasteiger partial charge in [0, 0.05) is 0 Å². The number of nitrogens with one attached hydrogen (secondary N) is 1. The van der Waals surface area contributed by atoms with Crippen LogP contribution in [-0.2, 0) is 0 Å². The van der Waals surface area contributed by atoms with Gasteiger partial charge in [-0.1, -0.05) is 11.6 Å². The summed E-state index contributed by atoms with van der Waals surface area (Å²) in [7, 11) is 0. The van der Waals surface area contributed by atoms with Crippen LogP contribution < -0.4 is 0 Å². The van der Waals surface area contributed by atoms with Crippen molar-refractivity contribution in [2.45, 2.75) is 26.8 Å². The van der Waals surface area contributed by atoms with Gasteiger partial charge in [0.1, 0.15) is 5.15 Å². The van der Waals surface area contributed by atoms with Crippen molar-refractivity contribution in [2.24, 2.45) is 10.2 Å². The molecule has 0 amide bonds. The monoisotopic (exact) mass is 316 g/mol. The van der Waals surface area contributed by atoms with E-state index in [4.69, 9.17) is 18.0 Å². The number of H-pyrrole nitrogens is 1. The van der Waals surface area contributed by atoms with Gasteiger partial charge >= 0.3 is 0 Å². The third-order valence-corrected chi connectivity index (χ3v) is 3.03. The van der Waals surface area contributed by atoms with Crippen molar-refractivity contribution in [1.29, 1.82) is 0 Å². The molecule has 2 heterocycles. The van der Waals surface area contributed by atoms with Crippen molar-refractivity contribution in [1.82, 2.24) is 19.7 Å². The minimum atomic E-state index is -0.144. The Morgan fingerprint density at radius 2 is 2.14 bits per heavy atom. The molecule has 0 aliphatic heterocycles. The van der Waals surface area contributed by atoms with E-state index in [1.165, 1.54) is 4.68 Å². The number of nitrogens with zero attached hydrogens (tertiary/aromatic N) is 5. The number of hydrogen-bond acceptors (Lipinski definition) is 5. The van der Waals surface area contributed by atoms with Crippen LogP contribution in [0.25, 0.3) is 0 Å². The molecule has 0 aliphatic carbocycles. The number of aromatic nitrogens is 4. The molecule has 7 nitrogen and oxygen atoms in total. The van der Waals surface area contributed by atoms with Crippen molar-refractivity contribution in [3.8, 4) is 30.1 Å². The maximum Gasteiger partial charge on any atom is 0.248 e. The quantitative estimate of drug-likeness (QED) is 0.672. The van der Waals surface area contributed by atoms with E-state index in [9.17, 15) is 5.11 Å². The van der Waals surface area contributed by atoms with E-state index >= 15 is 0 Å². The standard InChI is InChI=1S/C14H13ClN6O/c1-5-6-7-10-11(13(22)21(20-10)8(2)3)18-19-14-16-9(4)12(15)17-14/h1,8,22H,2-4H3,(H,16,17). The summed E-state index contributed by atoms with van der Waals surface area (Å²) in [6, 6.07) is -0.0735. The second kappa shape index (κ2) is 6.33. The zero-order chi connectivity index (χ0) is 16.3. The molecule has 8 heteroatoms. The highest BCUT2D eigenvalue weighted by molar-refractivity contribution is 6.30. The Morgan fingerprint density at radius 3 is 2.68 bits per heavy atom. The minimum absolute atomic E-state index is 0.0735. The molecular formula is C14H13ClN6O. The lowest BCUT2D eigenvalue weighted by atomic mass is 10.3. The van der Waals surface area contributed by atoms with Gasteiger partial charge in [0.15, 0.2) is 11.4 Å². The molecule has 2 rings (SSSR count). The van der Waals surface area contributed by atoms with Gasteiger partial charge < -0.3 is 10.1 Å². The van der Waals surface area contributed by atoms with Crippen molar-refractivity contribution in [2.75, 3.05) is 0 Å². The molecule has 0 bridgehead atoms. The molecule has 0 aromatic carbocycles. The zero-order valence-corrected chi connectivity index (χ0v) is 13.0. The number of terminal acetylenes is 1. The molecule has 2 N–H and O–H groups in total. The molecule has 2 aromatic rings. The summed E-state index contributed by atoms with van der Waals surface area (Å²) in [5.41, 5.74) is 0.967. The Hall–Kier alpha value is -2.77. The van der Waals surface area contributed by atoms with Crippen molar-refractivity contribution >= 4 is 23.2 Å². The number of aromatic hydroxyl groups is 1. The Balaban J connectivity index is 2.46. The maximum atomic E-state index is 10.2. The van der Waals surface area contributed by atoms with Crippen LogP contribution >= 0.6 is 11.6 Å². The lowest BCUT2D eigenvalue weighted by Crippen LogP contribution is -2.01. The summed E-state index contributed by atoms with van der Waals surface area (Å²) in [5.74, 6) is 7.34. The summed E-state index contributed by atoms with van der Waals surface area (Å²) in [4.78, 5) is 6.81. The summed E-state index contributed by atoms with van der Waals surface area (Å²) in [5, 5.41) is 22.6.